The van der Waals surface area contributed by atoms with Crippen molar-refractivity contribution in [1.82, 2.24) is 9.97 Å². The minimum Gasteiger partial charge on any atom is -0.479 e. The summed E-state index contributed by atoms with van der Waals surface area (Å²) in [6, 6.07) is 8.92. The summed E-state index contributed by atoms with van der Waals surface area (Å²) in [6.07, 6.45) is 2.60. The molecule has 1 atom stereocenters. The molecule has 1 aliphatic rings. The summed E-state index contributed by atoms with van der Waals surface area (Å²) >= 11 is 1.39. The van der Waals surface area contributed by atoms with Crippen molar-refractivity contribution in [1.29, 1.82) is 0 Å². The Kier molecular flexibility index (Phi) is 4.33. The van der Waals surface area contributed by atoms with Crippen molar-refractivity contribution in [3.05, 3.63) is 53.2 Å². The summed E-state index contributed by atoms with van der Waals surface area (Å²) in [6.45, 7) is 3.64. The van der Waals surface area contributed by atoms with Crippen molar-refractivity contribution < 1.29 is 14.3 Å². The van der Waals surface area contributed by atoms with E-state index >= 15 is 0 Å². The Labute approximate surface area is 159 Å². The highest BCUT2D eigenvalue weighted by atomic mass is 32.1. The third-order valence-corrected chi connectivity index (χ3v) is 5.01. The number of nitrogens with zero attached hydrogens (tertiary/aromatic N) is 2. The first-order valence-corrected chi connectivity index (χ1v) is 9.13. The Bertz CT molecular complexity index is 1030. The molecule has 1 aliphatic heterocycles. The van der Waals surface area contributed by atoms with Crippen molar-refractivity contribution in [2.75, 3.05) is 10.6 Å². The number of ether oxygens (including phenoxy) is 1. The molecule has 2 amide bonds. The molecule has 1 aromatic carbocycles. The Hall–Kier alpha value is -3.26. The number of benzene rings is 1. The number of hydrogen-bond acceptors (Lipinski definition) is 6. The normalized spacial score (nSPS) is 15.5. The molecule has 3 aromatic rings. The number of hydrogen-bond donors (Lipinski definition) is 2. The predicted octanol–water partition coefficient (Wildman–Crippen LogP) is 3.49. The second-order valence-corrected chi connectivity index (χ2v) is 7.28. The third-order valence-electron chi connectivity index (χ3n) is 4.12. The molecule has 3 heterocycles. The molecule has 27 heavy (non-hydrogen) atoms. The van der Waals surface area contributed by atoms with Crippen LogP contribution in [-0.4, -0.2) is 27.9 Å². The van der Waals surface area contributed by atoms with Crippen LogP contribution in [0.4, 0.5) is 10.8 Å². The number of pyridine rings is 1. The maximum Gasteiger partial charge on any atom is 0.265 e. The first kappa shape index (κ1) is 17.2. The number of aromatic nitrogens is 2. The summed E-state index contributed by atoms with van der Waals surface area (Å²) in [5, 5.41) is 6.14. The smallest absolute Gasteiger partial charge is 0.265 e. The number of amides is 2. The zero-order chi connectivity index (χ0) is 19.0. The van der Waals surface area contributed by atoms with Crippen molar-refractivity contribution in [2.24, 2.45) is 0 Å². The fourth-order valence-corrected chi connectivity index (χ4v) is 3.57. The number of fused-ring (bicyclic) bond motifs is 1. The van der Waals surface area contributed by atoms with Gasteiger partial charge in [-0.1, -0.05) is 0 Å². The fraction of sp³-hybridized carbons (Fsp3) is 0.158. The molecule has 2 aromatic heterocycles. The molecule has 0 saturated carbocycles. The second kappa shape index (κ2) is 6.81. The van der Waals surface area contributed by atoms with E-state index < -0.39 is 6.10 Å². The molecule has 1 unspecified atom stereocenters. The number of rotatable bonds is 3. The molecule has 4 rings (SSSR count). The summed E-state index contributed by atoms with van der Waals surface area (Å²) in [7, 11) is 0. The number of thiazole rings is 1. The lowest BCUT2D eigenvalue weighted by Crippen LogP contribution is -2.34. The van der Waals surface area contributed by atoms with Gasteiger partial charge in [0.1, 0.15) is 5.75 Å². The van der Waals surface area contributed by atoms with E-state index in [0.29, 0.717) is 22.1 Å². The fourth-order valence-electron chi connectivity index (χ4n) is 2.74. The van der Waals surface area contributed by atoms with Gasteiger partial charge in [-0.2, -0.15) is 0 Å². The van der Waals surface area contributed by atoms with Crippen molar-refractivity contribution >= 4 is 34.0 Å². The van der Waals surface area contributed by atoms with Gasteiger partial charge in [0.15, 0.2) is 11.2 Å². The molecule has 7 nitrogen and oxygen atoms in total. The van der Waals surface area contributed by atoms with E-state index in [1.54, 1.807) is 25.3 Å². The molecule has 0 spiro atoms. The van der Waals surface area contributed by atoms with Crippen LogP contribution in [-0.2, 0) is 4.79 Å². The summed E-state index contributed by atoms with van der Waals surface area (Å²) in [5.41, 5.74) is 2.67. The number of carbonyl (C=O) groups is 2. The molecule has 8 heteroatoms. The van der Waals surface area contributed by atoms with Gasteiger partial charge in [0.25, 0.3) is 11.8 Å². The van der Waals surface area contributed by atoms with Gasteiger partial charge in [-0.05, 0) is 44.2 Å². The van der Waals surface area contributed by atoms with E-state index in [2.05, 4.69) is 20.6 Å². The number of carbonyl (C=O) groups excluding carboxylic acids is 2. The molecule has 0 radical (unpaired) electrons. The van der Waals surface area contributed by atoms with Gasteiger partial charge >= 0.3 is 0 Å². The molecular weight excluding hydrogens is 364 g/mol. The van der Waals surface area contributed by atoms with Crippen LogP contribution < -0.4 is 15.4 Å². The molecule has 0 bridgehead atoms. The Morgan fingerprint density at radius 2 is 2.19 bits per heavy atom. The first-order chi connectivity index (χ1) is 13.0. The van der Waals surface area contributed by atoms with Crippen LogP contribution in [0, 0.1) is 6.92 Å². The van der Waals surface area contributed by atoms with Crippen molar-refractivity contribution in [3.8, 4) is 17.0 Å². The quantitative estimate of drug-likeness (QED) is 0.726. The standard InChI is InChI=1S/C19H16N4O3S/c1-10-17(24)21-14-8-12(5-6-15(14)26-10)16-11(2)27-19(22-16)23-18(25)13-4-3-7-20-9-13/h3-10H,1-2H3,(H,21,24)(H,22,23,25). The molecule has 136 valence electrons. The lowest BCUT2D eigenvalue weighted by atomic mass is 10.1. The predicted molar refractivity (Wildman–Crippen MR) is 103 cm³/mol. The van der Waals surface area contributed by atoms with Crippen molar-refractivity contribution in [2.45, 2.75) is 20.0 Å². The average Bonchev–Trinajstić information content (AvgIpc) is 3.03. The van der Waals surface area contributed by atoms with Crippen LogP contribution in [0.3, 0.4) is 0 Å². The number of nitrogens with one attached hydrogen (secondary N) is 2. The van der Waals surface area contributed by atoms with Crippen LogP contribution in [0.5, 0.6) is 5.75 Å². The van der Waals surface area contributed by atoms with Crippen LogP contribution in [0.15, 0.2) is 42.7 Å². The summed E-state index contributed by atoms with van der Waals surface area (Å²) in [5.74, 6) is 0.186. The maximum atomic E-state index is 12.3. The Morgan fingerprint density at radius 1 is 1.33 bits per heavy atom. The van der Waals surface area contributed by atoms with Crippen LogP contribution >= 0.6 is 11.3 Å². The molecule has 0 aliphatic carbocycles. The van der Waals surface area contributed by atoms with E-state index in [1.165, 1.54) is 17.5 Å². The second-order valence-electron chi connectivity index (χ2n) is 6.08. The lowest BCUT2D eigenvalue weighted by Gasteiger charge is -2.23. The van der Waals surface area contributed by atoms with Gasteiger partial charge in [0, 0.05) is 22.8 Å². The zero-order valence-corrected chi connectivity index (χ0v) is 15.5. The van der Waals surface area contributed by atoms with Crippen LogP contribution in [0.2, 0.25) is 0 Å². The van der Waals surface area contributed by atoms with E-state index in [1.807, 2.05) is 25.1 Å². The minimum absolute atomic E-state index is 0.181. The Balaban J connectivity index is 1.60. The zero-order valence-electron chi connectivity index (χ0n) is 14.6. The monoisotopic (exact) mass is 380 g/mol. The van der Waals surface area contributed by atoms with E-state index in [-0.39, 0.29) is 11.8 Å². The van der Waals surface area contributed by atoms with Crippen LogP contribution in [0.25, 0.3) is 11.3 Å². The SMILES string of the molecule is Cc1sc(NC(=O)c2cccnc2)nc1-c1ccc2c(c1)NC(=O)C(C)O2. The highest BCUT2D eigenvalue weighted by Crippen LogP contribution is 2.37. The van der Waals surface area contributed by atoms with Crippen LogP contribution in [0.1, 0.15) is 22.2 Å². The van der Waals surface area contributed by atoms with E-state index in [4.69, 9.17) is 4.74 Å². The van der Waals surface area contributed by atoms with E-state index in [0.717, 1.165) is 16.1 Å². The number of aryl methyl sites for hydroxylation is 1. The first-order valence-electron chi connectivity index (χ1n) is 8.32. The van der Waals surface area contributed by atoms with Gasteiger partial charge < -0.3 is 10.1 Å². The summed E-state index contributed by atoms with van der Waals surface area (Å²) < 4.78 is 5.58. The third kappa shape index (κ3) is 3.39. The minimum atomic E-state index is -0.515. The van der Waals surface area contributed by atoms with E-state index in [9.17, 15) is 9.59 Å². The van der Waals surface area contributed by atoms with Crippen molar-refractivity contribution in [3.63, 3.8) is 0 Å². The maximum absolute atomic E-state index is 12.3. The molecule has 2 N–H and O–H groups in total. The average molecular weight is 380 g/mol. The number of anilines is 2. The highest BCUT2D eigenvalue weighted by Gasteiger charge is 2.24. The Morgan fingerprint density at radius 3 is 2.96 bits per heavy atom. The molecule has 0 saturated heterocycles. The van der Waals surface area contributed by atoms with Gasteiger partial charge in [-0.25, -0.2) is 4.98 Å². The molecular formula is C19H16N4O3S. The van der Waals surface area contributed by atoms with Gasteiger partial charge in [-0.15, -0.1) is 11.3 Å². The highest BCUT2D eigenvalue weighted by molar-refractivity contribution is 7.16. The van der Waals surface area contributed by atoms with Gasteiger partial charge in [-0.3, -0.25) is 19.9 Å². The van der Waals surface area contributed by atoms with Gasteiger partial charge in [0.05, 0.1) is 16.9 Å². The molecule has 0 fully saturated rings. The summed E-state index contributed by atoms with van der Waals surface area (Å²) in [4.78, 5) is 33.5. The largest absolute Gasteiger partial charge is 0.479 e. The topological polar surface area (TPSA) is 93.2 Å². The van der Waals surface area contributed by atoms with Gasteiger partial charge in [0.2, 0.25) is 0 Å². The lowest BCUT2D eigenvalue weighted by molar-refractivity contribution is -0.122.